The summed E-state index contributed by atoms with van der Waals surface area (Å²) in [5, 5.41) is 3.20. The second-order valence-electron chi connectivity index (χ2n) is 8.61. The number of rotatable bonds is 6. The summed E-state index contributed by atoms with van der Waals surface area (Å²) in [6, 6.07) is 20.7. The Balaban J connectivity index is 1.80. The minimum atomic E-state index is -0.372. The minimum Gasteiger partial charge on any atom is -0.497 e. The molecular formula is C28H28N2O3. The van der Waals surface area contributed by atoms with E-state index in [-0.39, 0.29) is 17.5 Å². The van der Waals surface area contributed by atoms with Crippen molar-refractivity contribution in [3.8, 4) is 5.75 Å². The van der Waals surface area contributed by atoms with Gasteiger partial charge in [0.05, 0.1) is 18.4 Å². The van der Waals surface area contributed by atoms with Crippen molar-refractivity contribution in [3.05, 3.63) is 94.7 Å². The fourth-order valence-corrected chi connectivity index (χ4v) is 4.05. The second kappa shape index (κ2) is 8.94. The van der Waals surface area contributed by atoms with Gasteiger partial charge in [-0.2, -0.15) is 0 Å². The lowest BCUT2D eigenvalue weighted by Crippen LogP contribution is -2.32. The van der Waals surface area contributed by atoms with Crippen LogP contribution < -0.4 is 15.0 Å². The first-order chi connectivity index (χ1) is 15.8. The quantitative estimate of drug-likeness (QED) is 0.490. The van der Waals surface area contributed by atoms with Crippen LogP contribution in [0.3, 0.4) is 0 Å². The van der Waals surface area contributed by atoms with E-state index in [1.165, 1.54) is 4.90 Å². The number of hydrogen-bond donors (Lipinski definition) is 1. The van der Waals surface area contributed by atoms with Crippen LogP contribution in [-0.2, 0) is 9.59 Å². The Labute approximate surface area is 194 Å². The van der Waals surface area contributed by atoms with E-state index in [0.717, 1.165) is 22.3 Å². The van der Waals surface area contributed by atoms with Crippen molar-refractivity contribution in [1.82, 2.24) is 0 Å². The predicted octanol–water partition coefficient (Wildman–Crippen LogP) is 5.83. The van der Waals surface area contributed by atoms with Gasteiger partial charge in [-0.25, -0.2) is 4.90 Å². The summed E-state index contributed by atoms with van der Waals surface area (Å²) in [5.41, 5.74) is 5.84. The van der Waals surface area contributed by atoms with Crippen LogP contribution in [0, 0.1) is 13.8 Å². The van der Waals surface area contributed by atoms with Crippen LogP contribution in [0.5, 0.6) is 5.75 Å². The molecule has 0 unspecified atom stereocenters. The molecule has 0 spiro atoms. The number of nitrogens with one attached hydrogen (secondary N) is 1. The standard InChI is InChI=1S/C28H28N2O3/c1-17(2)20-7-11-22(12-8-20)30-27(31)25(24-15-6-18(3)16-19(24)4)26(28(30)32)29-21-9-13-23(33-5)14-10-21/h6-17,29H,1-5H3. The number of carbonyl (C=O) groups is 2. The first kappa shape index (κ1) is 22.3. The molecular weight excluding hydrogens is 412 g/mol. The SMILES string of the molecule is COc1ccc(NC2=C(c3ccc(C)cc3C)C(=O)N(c3ccc(C(C)C)cc3)C2=O)cc1. The molecule has 5 heteroatoms. The highest BCUT2D eigenvalue weighted by atomic mass is 16.5. The van der Waals surface area contributed by atoms with E-state index in [2.05, 4.69) is 19.2 Å². The molecule has 0 bridgehead atoms. The Hall–Kier alpha value is -3.86. The zero-order valence-corrected chi connectivity index (χ0v) is 19.6. The molecule has 1 heterocycles. The highest BCUT2D eigenvalue weighted by Gasteiger charge is 2.40. The van der Waals surface area contributed by atoms with E-state index in [1.807, 2.05) is 80.6 Å². The molecule has 5 nitrogen and oxygen atoms in total. The molecule has 2 amide bonds. The molecule has 0 radical (unpaired) electrons. The summed E-state index contributed by atoms with van der Waals surface area (Å²) in [6.07, 6.45) is 0. The Morgan fingerprint density at radius 2 is 1.52 bits per heavy atom. The van der Waals surface area contributed by atoms with Crippen LogP contribution >= 0.6 is 0 Å². The molecule has 4 rings (SSSR count). The third-order valence-electron chi connectivity index (χ3n) is 5.91. The molecule has 1 N–H and O–H groups in total. The largest absolute Gasteiger partial charge is 0.497 e. The van der Waals surface area contributed by atoms with Gasteiger partial charge in [0.25, 0.3) is 11.8 Å². The number of benzene rings is 3. The number of amides is 2. The second-order valence-corrected chi connectivity index (χ2v) is 8.61. The Kier molecular flexibility index (Phi) is 6.05. The van der Waals surface area contributed by atoms with Gasteiger partial charge in [0.1, 0.15) is 11.4 Å². The van der Waals surface area contributed by atoms with Gasteiger partial charge in [0.15, 0.2) is 0 Å². The Bertz CT molecular complexity index is 1240. The van der Waals surface area contributed by atoms with E-state index >= 15 is 0 Å². The summed E-state index contributed by atoms with van der Waals surface area (Å²) in [7, 11) is 1.60. The monoisotopic (exact) mass is 440 g/mol. The molecule has 1 aliphatic heterocycles. The van der Waals surface area contributed by atoms with Crippen molar-refractivity contribution < 1.29 is 14.3 Å². The van der Waals surface area contributed by atoms with E-state index in [1.54, 1.807) is 7.11 Å². The molecule has 1 aliphatic rings. The lowest BCUT2D eigenvalue weighted by molar-refractivity contribution is -0.120. The number of ether oxygens (including phenoxy) is 1. The van der Waals surface area contributed by atoms with Gasteiger partial charge >= 0.3 is 0 Å². The molecule has 168 valence electrons. The summed E-state index contributed by atoms with van der Waals surface area (Å²) < 4.78 is 5.23. The average Bonchev–Trinajstić information content (AvgIpc) is 3.04. The number of imide groups is 1. The first-order valence-electron chi connectivity index (χ1n) is 11.0. The van der Waals surface area contributed by atoms with Gasteiger partial charge < -0.3 is 10.1 Å². The molecule has 0 saturated carbocycles. The van der Waals surface area contributed by atoms with Gasteiger partial charge in [-0.15, -0.1) is 0 Å². The zero-order valence-electron chi connectivity index (χ0n) is 19.6. The highest BCUT2D eigenvalue weighted by molar-refractivity contribution is 6.46. The molecule has 0 aromatic heterocycles. The van der Waals surface area contributed by atoms with Crippen LogP contribution in [0.1, 0.15) is 42.0 Å². The van der Waals surface area contributed by atoms with Gasteiger partial charge in [0, 0.05) is 5.69 Å². The number of carbonyl (C=O) groups excluding carboxylic acids is 2. The highest BCUT2D eigenvalue weighted by Crippen LogP contribution is 2.35. The predicted molar refractivity (Wildman–Crippen MR) is 132 cm³/mol. The third-order valence-corrected chi connectivity index (χ3v) is 5.91. The number of anilines is 2. The third kappa shape index (κ3) is 4.27. The van der Waals surface area contributed by atoms with E-state index in [0.29, 0.717) is 28.6 Å². The lowest BCUT2D eigenvalue weighted by Gasteiger charge is -2.17. The van der Waals surface area contributed by atoms with Crippen molar-refractivity contribution in [1.29, 1.82) is 0 Å². The molecule has 0 aliphatic carbocycles. The van der Waals surface area contributed by atoms with Gasteiger partial charge in [0.2, 0.25) is 0 Å². The fourth-order valence-electron chi connectivity index (χ4n) is 4.05. The summed E-state index contributed by atoms with van der Waals surface area (Å²) in [5.74, 6) is 0.369. The van der Waals surface area contributed by atoms with Crippen molar-refractivity contribution in [2.75, 3.05) is 17.3 Å². The molecule has 0 saturated heterocycles. The summed E-state index contributed by atoms with van der Waals surface area (Å²) in [4.78, 5) is 28.5. The average molecular weight is 441 g/mol. The topological polar surface area (TPSA) is 58.6 Å². The van der Waals surface area contributed by atoms with Crippen molar-refractivity contribution in [3.63, 3.8) is 0 Å². The van der Waals surface area contributed by atoms with E-state index < -0.39 is 0 Å². The first-order valence-corrected chi connectivity index (χ1v) is 11.0. The maximum Gasteiger partial charge on any atom is 0.282 e. The minimum absolute atomic E-state index is 0.269. The molecule has 0 fully saturated rings. The number of nitrogens with zero attached hydrogens (tertiary/aromatic N) is 1. The van der Waals surface area contributed by atoms with Crippen LogP contribution in [0.2, 0.25) is 0 Å². The lowest BCUT2D eigenvalue weighted by atomic mass is 9.97. The number of methoxy groups -OCH3 is 1. The molecule has 33 heavy (non-hydrogen) atoms. The Morgan fingerprint density at radius 1 is 0.848 bits per heavy atom. The molecule has 0 atom stereocenters. The number of hydrogen-bond acceptors (Lipinski definition) is 4. The van der Waals surface area contributed by atoms with Gasteiger partial charge in [-0.1, -0.05) is 49.7 Å². The zero-order chi connectivity index (χ0) is 23.7. The summed E-state index contributed by atoms with van der Waals surface area (Å²) >= 11 is 0. The van der Waals surface area contributed by atoms with E-state index in [9.17, 15) is 9.59 Å². The maximum atomic E-state index is 13.7. The van der Waals surface area contributed by atoms with Crippen molar-refractivity contribution in [2.24, 2.45) is 0 Å². The maximum absolute atomic E-state index is 13.7. The smallest absolute Gasteiger partial charge is 0.282 e. The fraction of sp³-hybridized carbons (Fsp3) is 0.214. The van der Waals surface area contributed by atoms with Gasteiger partial charge in [-0.3, -0.25) is 9.59 Å². The number of aryl methyl sites for hydroxylation is 2. The van der Waals surface area contributed by atoms with E-state index in [4.69, 9.17) is 4.74 Å². The van der Waals surface area contributed by atoms with Crippen LogP contribution in [-0.4, -0.2) is 18.9 Å². The van der Waals surface area contributed by atoms with Crippen LogP contribution in [0.4, 0.5) is 11.4 Å². The van der Waals surface area contributed by atoms with Crippen LogP contribution in [0.25, 0.3) is 5.57 Å². The van der Waals surface area contributed by atoms with Crippen molar-refractivity contribution in [2.45, 2.75) is 33.6 Å². The normalized spacial score (nSPS) is 13.8. The van der Waals surface area contributed by atoms with Gasteiger partial charge in [-0.05, 0) is 72.9 Å². The Morgan fingerprint density at radius 3 is 2.09 bits per heavy atom. The van der Waals surface area contributed by atoms with Crippen molar-refractivity contribution >= 4 is 28.8 Å². The molecule has 3 aromatic rings. The van der Waals surface area contributed by atoms with Crippen LogP contribution in [0.15, 0.2) is 72.4 Å². The molecule has 3 aromatic carbocycles. The summed E-state index contributed by atoms with van der Waals surface area (Å²) in [6.45, 7) is 8.18.